The molecule has 2 N–H and O–H groups in total. The van der Waals surface area contributed by atoms with Gasteiger partial charge in [0, 0.05) is 24.9 Å². The number of sulfonamides is 1. The van der Waals surface area contributed by atoms with Crippen LogP contribution in [0.2, 0.25) is 0 Å². The Balaban J connectivity index is 2.26. The molecular weight excluding hydrogens is 342 g/mol. The topological polar surface area (TPSA) is 87.7 Å². The zero-order valence-electron chi connectivity index (χ0n) is 14.7. The van der Waals surface area contributed by atoms with Crippen LogP contribution in [-0.2, 0) is 19.7 Å². The number of allylic oxidation sites excluding steroid dienone is 5. The van der Waals surface area contributed by atoms with Crippen LogP contribution in [0.3, 0.4) is 0 Å². The second-order valence-corrected chi connectivity index (χ2v) is 7.91. The molecule has 2 unspecified atom stereocenters. The molecule has 0 spiro atoms. The molecule has 2 atom stereocenters. The zero-order valence-corrected chi connectivity index (χ0v) is 15.5. The quantitative estimate of drug-likeness (QED) is 0.689. The first-order chi connectivity index (χ1) is 11.9. The van der Waals surface area contributed by atoms with Crippen LogP contribution in [-0.4, -0.2) is 44.7 Å². The largest absolute Gasteiger partial charge is 0.320 e. The molecule has 0 aromatic heterocycles. The number of likely N-dealkylation sites (N-methyl/N-ethyl adjacent to an activating group) is 1. The summed E-state index contributed by atoms with van der Waals surface area (Å²) in [5.41, 5.74) is 4.22. The molecule has 7 nitrogen and oxygen atoms in total. The van der Waals surface area contributed by atoms with Crippen molar-refractivity contribution >= 4 is 15.9 Å². The number of rotatable bonds is 6. The number of hydroxylamine groups is 1. The molecule has 0 bridgehead atoms. The molecule has 1 fully saturated rings. The van der Waals surface area contributed by atoms with E-state index in [1.807, 2.05) is 19.1 Å². The summed E-state index contributed by atoms with van der Waals surface area (Å²) in [4.78, 5) is 18.9. The molecule has 2 rings (SSSR count). The Morgan fingerprint density at radius 3 is 2.96 bits per heavy atom. The summed E-state index contributed by atoms with van der Waals surface area (Å²) >= 11 is 0. The minimum atomic E-state index is -3.36. The monoisotopic (exact) mass is 367 g/mol. The Labute approximate surface area is 149 Å². The first kappa shape index (κ1) is 19.4. The highest BCUT2D eigenvalue weighted by Gasteiger charge is 2.38. The summed E-state index contributed by atoms with van der Waals surface area (Å²) in [7, 11) is -1.67. The van der Waals surface area contributed by atoms with Crippen molar-refractivity contribution in [1.29, 1.82) is 0 Å². The number of carbonyl (C=O) groups excluding carboxylic acids is 1. The Kier molecular flexibility index (Phi) is 6.57. The van der Waals surface area contributed by atoms with Crippen molar-refractivity contribution in [1.82, 2.24) is 15.1 Å². The van der Waals surface area contributed by atoms with E-state index in [1.165, 1.54) is 4.90 Å². The maximum Gasteiger partial charge on any atom is 0.246 e. The molecule has 1 saturated heterocycles. The third-order valence-electron chi connectivity index (χ3n) is 4.11. The number of amides is 1. The van der Waals surface area contributed by atoms with E-state index in [4.69, 9.17) is 4.84 Å². The average Bonchev–Trinajstić information content (AvgIpc) is 2.61. The highest BCUT2D eigenvalue weighted by Crippen LogP contribution is 2.29. The summed E-state index contributed by atoms with van der Waals surface area (Å²) in [6.07, 6.45) is 11.4. The second-order valence-electron chi connectivity index (χ2n) is 5.90. The molecule has 0 saturated carbocycles. The molecule has 2 aliphatic heterocycles. The van der Waals surface area contributed by atoms with Gasteiger partial charge in [-0.2, -0.15) is 5.48 Å². The van der Waals surface area contributed by atoms with Crippen molar-refractivity contribution in [2.45, 2.75) is 26.3 Å². The van der Waals surface area contributed by atoms with Gasteiger partial charge < -0.3 is 9.74 Å². The summed E-state index contributed by atoms with van der Waals surface area (Å²) in [6, 6.07) is -0.418. The predicted octanol–water partition coefficient (Wildman–Crippen LogP) is 1.21. The average molecular weight is 367 g/mol. The molecule has 0 radical (unpaired) electrons. The van der Waals surface area contributed by atoms with E-state index < -0.39 is 16.1 Å². The van der Waals surface area contributed by atoms with Gasteiger partial charge in [0.15, 0.2) is 0 Å². The molecule has 25 heavy (non-hydrogen) atoms. The van der Waals surface area contributed by atoms with Crippen LogP contribution in [0.4, 0.5) is 0 Å². The van der Waals surface area contributed by atoms with Crippen LogP contribution in [0, 0.1) is 5.92 Å². The molecule has 0 aliphatic carbocycles. The van der Waals surface area contributed by atoms with E-state index in [9.17, 15) is 13.2 Å². The van der Waals surface area contributed by atoms with Gasteiger partial charge in [-0.1, -0.05) is 18.2 Å². The Morgan fingerprint density at radius 2 is 2.28 bits per heavy atom. The molecule has 138 valence electrons. The van der Waals surface area contributed by atoms with E-state index in [1.54, 1.807) is 38.4 Å². The summed E-state index contributed by atoms with van der Waals surface area (Å²) in [5.74, 6) is -0.0439. The lowest BCUT2D eigenvalue weighted by atomic mass is 9.85. The zero-order chi connectivity index (χ0) is 18.4. The van der Waals surface area contributed by atoms with E-state index in [0.717, 1.165) is 12.0 Å². The maximum absolute atomic E-state index is 12.2. The van der Waals surface area contributed by atoms with Gasteiger partial charge in [0.1, 0.15) is 6.04 Å². The minimum absolute atomic E-state index is 0.0000861. The van der Waals surface area contributed by atoms with Crippen LogP contribution in [0.15, 0.2) is 47.9 Å². The van der Waals surface area contributed by atoms with Gasteiger partial charge in [0.25, 0.3) is 0 Å². The highest BCUT2D eigenvalue weighted by atomic mass is 32.2. The third kappa shape index (κ3) is 5.04. The van der Waals surface area contributed by atoms with Gasteiger partial charge in [-0.15, -0.1) is 0 Å². The van der Waals surface area contributed by atoms with E-state index in [0.29, 0.717) is 12.3 Å². The van der Waals surface area contributed by atoms with Crippen molar-refractivity contribution in [2.24, 2.45) is 5.92 Å². The third-order valence-corrected chi connectivity index (χ3v) is 5.41. The molecule has 0 aromatic carbocycles. The van der Waals surface area contributed by atoms with E-state index >= 15 is 0 Å². The lowest BCUT2D eigenvalue weighted by molar-refractivity contribution is -0.141. The predicted molar refractivity (Wildman–Crippen MR) is 96.5 cm³/mol. The fourth-order valence-corrected chi connectivity index (χ4v) is 3.33. The first-order valence-corrected chi connectivity index (χ1v) is 9.90. The van der Waals surface area contributed by atoms with Gasteiger partial charge >= 0.3 is 0 Å². The standard InChI is InChI=1S/C17H25N3O4S/c1-4-6-7-14(19-25(22,23)5-2)9-8-13-12-20(3)17(21)16-15(13)10-11-24-18-16/h4,6-9,12,15-16,18-19H,5,10-11H2,1-3H3/b6-4+,9-8+,14-7+. The van der Waals surface area contributed by atoms with Gasteiger partial charge in [-0.05, 0) is 38.0 Å². The van der Waals surface area contributed by atoms with Crippen LogP contribution >= 0.6 is 0 Å². The van der Waals surface area contributed by atoms with Crippen molar-refractivity contribution in [3.63, 3.8) is 0 Å². The van der Waals surface area contributed by atoms with Gasteiger partial charge in [0.2, 0.25) is 15.9 Å². The molecule has 8 heteroatoms. The highest BCUT2D eigenvalue weighted by molar-refractivity contribution is 7.89. The smallest absolute Gasteiger partial charge is 0.246 e. The minimum Gasteiger partial charge on any atom is -0.320 e. The number of hydrogen-bond acceptors (Lipinski definition) is 5. The van der Waals surface area contributed by atoms with E-state index in [-0.39, 0.29) is 17.6 Å². The summed E-state index contributed by atoms with van der Waals surface area (Å²) in [5, 5.41) is 0. The Hall–Kier alpha value is -1.90. The first-order valence-electron chi connectivity index (χ1n) is 8.25. The fourth-order valence-electron chi connectivity index (χ4n) is 2.70. The van der Waals surface area contributed by atoms with Crippen molar-refractivity contribution < 1.29 is 18.0 Å². The number of nitrogens with zero attached hydrogens (tertiary/aromatic N) is 1. The Morgan fingerprint density at radius 1 is 1.52 bits per heavy atom. The van der Waals surface area contributed by atoms with Crippen molar-refractivity contribution in [3.8, 4) is 0 Å². The molecule has 2 aliphatic rings. The van der Waals surface area contributed by atoms with Crippen LogP contribution in [0.5, 0.6) is 0 Å². The maximum atomic E-state index is 12.2. The van der Waals surface area contributed by atoms with Gasteiger partial charge in [-0.3, -0.25) is 9.52 Å². The number of fused-ring (bicyclic) bond motifs is 1. The molecular formula is C17H25N3O4S. The van der Waals surface area contributed by atoms with Gasteiger partial charge in [0.05, 0.1) is 12.4 Å². The van der Waals surface area contributed by atoms with Crippen LogP contribution in [0.1, 0.15) is 20.3 Å². The summed E-state index contributed by atoms with van der Waals surface area (Å²) in [6.45, 7) is 3.96. The molecule has 1 amide bonds. The SMILES string of the molecule is C/C=C/C=C(\C=C\C1=CN(C)C(=O)C2NOCCC12)NS(=O)(=O)CC. The van der Waals surface area contributed by atoms with Gasteiger partial charge in [-0.25, -0.2) is 8.42 Å². The molecule has 2 heterocycles. The van der Waals surface area contributed by atoms with Crippen molar-refractivity contribution in [2.75, 3.05) is 19.4 Å². The van der Waals surface area contributed by atoms with Crippen LogP contribution in [0.25, 0.3) is 0 Å². The summed E-state index contributed by atoms with van der Waals surface area (Å²) < 4.78 is 26.2. The second kappa shape index (κ2) is 8.46. The lowest BCUT2D eigenvalue weighted by Gasteiger charge is -2.37. The van der Waals surface area contributed by atoms with E-state index in [2.05, 4.69) is 10.2 Å². The Bertz CT molecular complexity index is 722. The number of nitrogens with one attached hydrogen (secondary N) is 2. The number of hydrogen-bond donors (Lipinski definition) is 2. The van der Waals surface area contributed by atoms with Crippen molar-refractivity contribution in [3.05, 3.63) is 47.9 Å². The lowest BCUT2D eigenvalue weighted by Crippen LogP contribution is -2.54. The number of carbonyl (C=O) groups is 1. The molecule has 0 aromatic rings. The normalized spacial score (nSPS) is 25.4. The van der Waals surface area contributed by atoms with Crippen LogP contribution < -0.4 is 10.2 Å². The fraction of sp³-hybridized carbons (Fsp3) is 0.471.